The second kappa shape index (κ2) is 7.90. The van der Waals surface area contributed by atoms with E-state index in [0.717, 1.165) is 21.5 Å². The van der Waals surface area contributed by atoms with Gasteiger partial charge in [0.15, 0.2) is 5.11 Å². The summed E-state index contributed by atoms with van der Waals surface area (Å²) in [5.74, 6) is -2.26. The Morgan fingerprint density at radius 3 is 2.62 bits per heavy atom. The quantitative estimate of drug-likeness (QED) is 0.219. The molecule has 1 heterocycles. The van der Waals surface area contributed by atoms with Crippen LogP contribution in [0.15, 0.2) is 40.4 Å². The van der Waals surface area contributed by atoms with E-state index in [2.05, 4.69) is 21.2 Å². The van der Waals surface area contributed by atoms with Crippen molar-refractivity contribution in [1.29, 1.82) is 0 Å². The van der Waals surface area contributed by atoms with Crippen LogP contribution in [0.2, 0.25) is 5.02 Å². The lowest BCUT2D eigenvalue weighted by atomic mass is 10.0. The molecule has 0 atom stereocenters. The maximum absolute atomic E-state index is 13.1. The van der Waals surface area contributed by atoms with Crippen LogP contribution in [0, 0.1) is 17.0 Å². The molecule has 1 aliphatic heterocycles. The van der Waals surface area contributed by atoms with E-state index in [1.165, 1.54) is 6.07 Å². The normalized spacial score (nSPS) is 15.6. The molecule has 0 radical (unpaired) electrons. The topological polar surface area (TPSA) is 113 Å². The molecule has 1 saturated heterocycles. The first-order valence-electron chi connectivity index (χ1n) is 7.94. The molecule has 2 aromatic carbocycles. The highest BCUT2D eigenvalue weighted by atomic mass is 79.9. The lowest BCUT2D eigenvalue weighted by molar-refractivity contribution is -0.385. The largest absolute Gasteiger partial charge is 0.502 e. The molecular weight excluding hydrogens is 486 g/mol. The molecule has 148 valence electrons. The van der Waals surface area contributed by atoms with Gasteiger partial charge in [-0.25, -0.2) is 0 Å². The summed E-state index contributed by atoms with van der Waals surface area (Å²) in [7, 11) is 0. The first-order valence-corrected chi connectivity index (χ1v) is 9.52. The van der Waals surface area contributed by atoms with E-state index in [9.17, 15) is 24.8 Å². The number of aromatic hydroxyl groups is 1. The number of phenols is 1. The average Bonchev–Trinajstić information content (AvgIpc) is 2.62. The van der Waals surface area contributed by atoms with Crippen molar-refractivity contribution in [3.05, 3.63) is 66.6 Å². The molecule has 0 bridgehead atoms. The van der Waals surface area contributed by atoms with Crippen LogP contribution in [0.3, 0.4) is 0 Å². The van der Waals surface area contributed by atoms with Crippen molar-refractivity contribution in [2.75, 3.05) is 4.90 Å². The van der Waals surface area contributed by atoms with Gasteiger partial charge in [0, 0.05) is 21.1 Å². The highest BCUT2D eigenvalue weighted by Gasteiger charge is 2.35. The van der Waals surface area contributed by atoms with Crippen LogP contribution < -0.4 is 10.2 Å². The van der Waals surface area contributed by atoms with E-state index in [-0.39, 0.29) is 21.3 Å². The van der Waals surface area contributed by atoms with Crippen molar-refractivity contribution in [3.63, 3.8) is 0 Å². The molecule has 0 spiro atoms. The monoisotopic (exact) mass is 495 g/mol. The van der Waals surface area contributed by atoms with Crippen molar-refractivity contribution in [2.24, 2.45) is 0 Å². The second-order valence-electron chi connectivity index (χ2n) is 6.01. The summed E-state index contributed by atoms with van der Waals surface area (Å²) in [6, 6.07) is 7.32. The summed E-state index contributed by atoms with van der Waals surface area (Å²) in [4.78, 5) is 36.8. The van der Waals surface area contributed by atoms with E-state index in [1.54, 1.807) is 25.1 Å². The third kappa shape index (κ3) is 4.00. The van der Waals surface area contributed by atoms with Crippen molar-refractivity contribution in [2.45, 2.75) is 6.92 Å². The van der Waals surface area contributed by atoms with Crippen LogP contribution in [0.5, 0.6) is 5.75 Å². The van der Waals surface area contributed by atoms with Crippen LogP contribution in [-0.2, 0) is 9.59 Å². The van der Waals surface area contributed by atoms with Gasteiger partial charge < -0.3 is 5.11 Å². The second-order valence-corrected chi connectivity index (χ2v) is 7.75. The van der Waals surface area contributed by atoms with Gasteiger partial charge in [-0.1, -0.05) is 27.5 Å². The fourth-order valence-corrected chi connectivity index (χ4v) is 3.73. The van der Waals surface area contributed by atoms with Gasteiger partial charge in [0.05, 0.1) is 10.6 Å². The number of hydrogen-bond acceptors (Lipinski definition) is 6. The van der Waals surface area contributed by atoms with Crippen molar-refractivity contribution >= 4 is 74.1 Å². The Labute approximate surface area is 183 Å². The first-order chi connectivity index (χ1) is 13.6. The lowest BCUT2D eigenvalue weighted by Gasteiger charge is -2.30. The molecule has 1 aliphatic rings. The standard InChI is InChI=1S/C18H11BrClN3O5S/c1-8-4-10(19)2-3-13(8)22-17(26)12(16(25)21-18(22)29)6-9-5-11(20)7-14(15(9)24)23(27)28/h2-7,24H,1H3,(H,21,25,29)/b12-6-. The van der Waals surface area contributed by atoms with Gasteiger partial charge in [-0.3, -0.25) is 29.9 Å². The SMILES string of the molecule is Cc1cc(Br)ccc1N1C(=O)/C(=C\c2cc(Cl)cc([N+](=O)[O-])c2O)C(=O)NC1=S. The van der Waals surface area contributed by atoms with E-state index in [4.69, 9.17) is 23.8 Å². The zero-order chi connectivity index (χ0) is 21.5. The molecule has 0 aliphatic carbocycles. The Morgan fingerprint density at radius 2 is 2.00 bits per heavy atom. The highest BCUT2D eigenvalue weighted by Crippen LogP contribution is 2.35. The number of anilines is 1. The van der Waals surface area contributed by atoms with Crippen LogP contribution in [-0.4, -0.2) is 27.0 Å². The number of benzene rings is 2. The third-order valence-electron chi connectivity index (χ3n) is 4.08. The van der Waals surface area contributed by atoms with Crippen molar-refractivity contribution in [3.8, 4) is 5.75 Å². The number of nitro benzene ring substituents is 1. The number of thiocarbonyl (C=S) groups is 1. The Kier molecular flexibility index (Phi) is 5.69. The molecule has 11 heteroatoms. The summed E-state index contributed by atoms with van der Waals surface area (Å²) < 4.78 is 0.796. The summed E-state index contributed by atoms with van der Waals surface area (Å²) in [5, 5.41) is 23.5. The lowest BCUT2D eigenvalue weighted by Crippen LogP contribution is -2.54. The van der Waals surface area contributed by atoms with Gasteiger partial charge in [0.25, 0.3) is 11.8 Å². The van der Waals surface area contributed by atoms with Crippen LogP contribution >= 0.6 is 39.7 Å². The molecule has 29 heavy (non-hydrogen) atoms. The number of hydrogen-bond donors (Lipinski definition) is 2. The summed E-state index contributed by atoms with van der Waals surface area (Å²) in [6.07, 6.45) is 1.04. The minimum Gasteiger partial charge on any atom is -0.502 e. The number of nitrogens with zero attached hydrogens (tertiary/aromatic N) is 2. The predicted octanol–water partition coefficient (Wildman–Crippen LogP) is 3.86. The van der Waals surface area contributed by atoms with E-state index >= 15 is 0 Å². The number of nitro groups is 1. The smallest absolute Gasteiger partial charge is 0.312 e. The van der Waals surface area contributed by atoms with Gasteiger partial charge in [-0.2, -0.15) is 0 Å². The highest BCUT2D eigenvalue weighted by molar-refractivity contribution is 9.10. The van der Waals surface area contributed by atoms with Crippen molar-refractivity contribution in [1.82, 2.24) is 5.32 Å². The molecular formula is C18H11BrClN3O5S. The maximum Gasteiger partial charge on any atom is 0.312 e. The summed E-state index contributed by atoms with van der Waals surface area (Å²) in [6.45, 7) is 1.77. The van der Waals surface area contributed by atoms with E-state index in [0.29, 0.717) is 11.3 Å². The van der Waals surface area contributed by atoms with Crippen LogP contribution in [0.25, 0.3) is 6.08 Å². The minimum atomic E-state index is -0.821. The molecule has 2 N–H and O–H groups in total. The first kappa shape index (κ1) is 20.9. The number of carbonyl (C=O) groups is 2. The predicted molar refractivity (Wildman–Crippen MR) is 115 cm³/mol. The Hall–Kier alpha value is -2.82. The van der Waals surface area contributed by atoms with Gasteiger partial charge in [-0.05, 0) is 55.0 Å². The Balaban J connectivity index is 2.13. The number of rotatable bonds is 3. The van der Waals surface area contributed by atoms with Crippen LogP contribution in [0.1, 0.15) is 11.1 Å². The number of amides is 2. The van der Waals surface area contributed by atoms with Gasteiger partial charge >= 0.3 is 5.69 Å². The maximum atomic E-state index is 13.1. The zero-order valence-corrected chi connectivity index (χ0v) is 17.8. The van der Waals surface area contributed by atoms with Crippen molar-refractivity contribution < 1.29 is 19.6 Å². The number of halogens is 2. The summed E-state index contributed by atoms with van der Waals surface area (Å²) >= 11 is 14.4. The number of phenolic OH excluding ortho intramolecular Hbond substituents is 1. The van der Waals surface area contributed by atoms with Gasteiger partial charge in [0.1, 0.15) is 5.57 Å². The van der Waals surface area contributed by atoms with Gasteiger partial charge in [-0.15, -0.1) is 0 Å². The summed E-state index contributed by atoms with van der Waals surface area (Å²) in [5.41, 5.74) is 0.00198. The molecule has 8 nitrogen and oxygen atoms in total. The molecule has 0 saturated carbocycles. The number of aryl methyl sites for hydroxylation is 1. The minimum absolute atomic E-state index is 0.0406. The Bertz CT molecular complexity index is 1130. The fourth-order valence-electron chi connectivity index (χ4n) is 2.76. The third-order valence-corrected chi connectivity index (χ3v) is 5.08. The fraction of sp³-hybridized carbons (Fsp3) is 0.0556. The van der Waals surface area contributed by atoms with Crippen LogP contribution in [0.4, 0.5) is 11.4 Å². The Morgan fingerprint density at radius 1 is 1.31 bits per heavy atom. The number of carbonyl (C=O) groups excluding carboxylic acids is 2. The molecule has 0 aromatic heterocycles. The molecule has 0 unspecified atom stereocenters. The van der Waals surface area contributed by atoms with E-state index in [1.807, 2.05) is 0 Å². The van der Waals surface area contributed by atoms with E-state index < -0.39 is 28.2 Å². The number of nitrogens with one attached hydrogen (secondary N) is 1. The zero-order valence-electron chi connectivity index (χ0n) is 14.6. The molecule has 1 fully saturated rings. The molecule has 2 aromatic rings. The molecule has 2 amide bonds. The van der Waals surface area contributed by atoms with Gasteiger partial charge in [0.2, 0.25) is 5.75 Å². The average molecular weight is 497 g/mol. The molecule has 3 rings (SSSR count).